The number of amides is 1. The van der Waals surface area contributed by atoms with E-state index in [4.69, 9.17) is 4.74 Å². The van der Waals surface area contributed by atoms with E-state index in [2.05, 4.69) is 26.1 Å². The Balaban J connectivity index is 2.68. The molecule has 1 amide bonds. The average Bonchev–Trinajstić information content (AvgIpc) is 2.64. The van der Waals surface area contributed by atoms with E-state index in [1.165, 1.54) is 0 Å². The minimum absolute atomic E-state index is 0.00130. The highest BCUT2D eigenvalue weighted by atomic mass is 16.5. The van der Waals surface area contributed by atoms with Gasteiger partial charge in [-0.05, 0) is 19.3 Å². The lowest BCUT2D eigenvalue weighted by Crippen LogP contribution is -2.44. The molecule has 0 saturated carbocycles. The standard InChI is InChI=1S/C14H28N2O2/c1-6-7-8-12-14(17)16(9-11(4)18-5)13(15-12)10(2)3/h10-13,15H,6-9H2,1-5H3. The van der Waals surface area contributed by atoms with Crippen LogP contribution in [0.3, 0.4) is 0 Å². The predicted octanol–water partition coefficient (Wildman–Crippen LogP) is 1.99. The number of methoxy groups -OCH3 is 1. The first kappa shape index (κ1) is 15.4. The summed E-state index contributed by atoms with van der Waals surface area (Å²) < 4.78 is 5.28. The van der Waals surface area contributed by atoms with E-state index < -0.39 is 0 Å². The molecular formula is C14H28N2O2. The first-order valence-electron chi connectivity index (χ1n) is 7.10. The van der Waals surface area contributed by atoms with Crippen LogP contribution >= 0.6 is 0 Å². The number of carbonyl (C=O) groups is 1. The van der Waals surface area contributed by atoms with Crippen LogP contribution in [0.2, 0.25) is 0 Å². The van der Waals surface area contributed by atoms with Gasteiger partial charge in [-0.1, -0.05) is 33.6 Å². The minimum atomic E-state index is 0.00130. The molecule has 0 aromatic rings. The molecule has 106 valence electrons. The lowest BCUT2D eigenvalue weighted by atomic mass is 10.1. The monoisotopic (exact) mass is 256 g/mol. The molecule has 0 aromatic carbocycles. The molecule has 0 spiro atoms. The zero-order valence-corrected chi connectivity index (χ0v) is 12.4. The van der Waals surface area contributed by atoms with Gasteiger partial charge in [-0.25, -0.2) is 0 Å². The molecule has 0 aromatic heterocycles. The Morgan fingerprint density at radius 2 is 2.06 bits per heavy atom. The molecule has 0 radical (unpaired) electrons. The Morgan fingerprint density at radius 3 is 2.56 bits per heavy atom. The molecule has 0 aliphatic carbocycles. The van der Waals surface area contributed by atoms with Crippen molar-refractivity contribution in [1.29, 1.82) is 0 Å². The topological polar surface area (TPSA) is 41.6 Å². The fourth-order valence-corrected chi connectivity index (χ4v) is 2.43. The molecule has 0 bridgehead atoms. The van der Waals surface area contributed by atoms with E-state index in [0.717, 1.165) is 19.3 Å². The van der Waals surface area contributed by atoms with Gasteiger partial charge in [0.05, 0.1) is 18.3 Å². The van der Waals surface area contributed by atoms with Crippen LogP contribution in [0.1, 0.15) is 47.0 Å². The molecular weight excluding hydrogens is 228 g/mol. The van der Waals surface area contributed by atoms with Crippen LogP contribution in [0.25, 0.3) is 0 Å². The third kappa shape index (κ3) is 3.69. The number of nitrogens with zero attached hydrogens (tertiary/aromatic N) is 1. The number of rotatable bonds is 7. The van der Waals surface area contributed by atoms with Gasteiger partial charge in [0, 0.05) is 13.7 Å². The molecule has 18 heavy (non-hydrogen) atoms. The number of hydrogen-bond acceptors (Lipinski definition) is 3. The smallest absolute Gasteiger partial charge is 0.241 e. The molecule has 1 rings (SSSR count). The highest BCUT2D eigenvalue weighted by molar-refractivity contribution is 5.84. The van der Waals surface area contributed by atoms with Crippen molar-refractivity contribution >= 4 is 5.91 Å². The second-order valence-electron chi connectivity index (χ2n) is 5.59. The summed E-state index contributed by atoms with van der Waals surface area (Å²) >= 11 is 0. The Kier molecular flexibility index (Phi) is 6.09. The van der Waals surface area contributed by atoms with Crippen LogP contribution in [0, 0.1) is 5.92 Å². The van der Waals surface area contributed by atoms with Gasteiger partial charge in [0.2, 0.25) is 5.91 Å². The summed E-state index contributed by atoms with van der Waals surface area (Å²) in [6.07, 6.45) is 3.41. The SMILES string of the molecule is CCCCC1NC(C(C)C)N(CC(C)OC)C1=O. The molecule has 4 nitrogen and oxygen atoms in total. The largest absolute Gasteiger partial charge is 0.380 e. The van der Waals surface area contributed by atoms with Crippen molar-refractivity contribution in [2.75, 3.05) is 13.7 Å². The van der Waals surface area contributed by atoms with E-state index in [-0.39, 0.29) is 24.2 Å². The van der Waals surface area contributed by atoms with Gasteiger partial charge >= 0.3 is 0 Å². The number of unbranched alkanes of at least 4 members (excludes halogenated alkanes) is 1. The second kappa shape index (κ2) is 7.10. The van der Waals surface area contributed by atoms with Crippen molar-refractivity contribution in [3.63, 3.8) is 0 Å². The van der Waals surface area contributed by atoms with E-state index in [0.29, 0.717) is 12.5 Å². The van der Waals surface area contributed by atoms with Gasteiger partial charge < -0.3 is 9.64 Å². The van der Waals surface area contributed by atoms with Gasteiger partial charge in [0.1, 0.15) is 0 Å². The fourth-order valence-electron chi connectivity index (χ4n) is 2.43. The maximum Gasteiger partial charge on any atom is 0.241 e. The second-order valence-corrected chi connectivity index (χ2v) is 5.59. The zero-order chi connectivity index (χ0) is 13.7. The Bertz CT molecular complexity index is 269. The van der Waals surface area contributed by atoms with E-state index in [1.807, 2.05) is 11.8 Å². The fraction of sp³-hybridized carbons (Fsp3) is 0.929. The first-order valence-corrected chi connectivity index (χ1v) is 7.10. The lowest BCUT2D eigenvalue weighted by Gasteiger charge is -2.29. The van der Waals surface area contributed by atoms with Gasteiger partial charge in [-0.15, -0.1) is 0 Å². The molecule has 1 aliphatic rings. The van der Waals surface area contributed by atoms with Gasteiger partial charge in [0.25, 0.3) is 0 Å². The summed E-state index contributed by atoms with van der Waals surface area (Å²) in [4.78, 5) is 14.3. The van der Waals surface area contributed by atoms with Crippen LogP contribution < -0.4 is 5.32 Å². The third-order valence-corrected chi connectivity index (χ3v) is 3.62. The van der Waals surface area contributed by atoms with Crippen molar-refractivity contribution in [3.05, 3.63) is 0 Å². The van der Waals surface area contributed by atoms with Crippen molar-refractivity contribution in [2.24, 2.45) is 5.92 Å². The number of nitrogens with one attached hydrogen (secondary N) is 1. The maximum absolute atomic E-state index is 12.4. The van der Waals surface area contributed by atoms with Gasteiger partial charge in [0.15, 0.2) is 0 Å². The maximum atomic E-state index is 12.4. The predicted molar refractivity (Wildman–Crippen MR) is 73.3 cm³/mol. The van der Waals surface area contributed by atoms with Crippen LogP contribution in [0.5, 0.6) is 0 Å². The molecule has 1 aliphatic heterocycles. The van der Waals surface area contributed by atoms with Crippen LogP contribution in [-0.4, -0.2) is 42.8 Å². The normalized spacial score (nSPS) is 26.1. The number of carbonyl (C=O) groups excluding carboxylic acids is 1. The summed E-state index contributed by atoms with van der Waals surface area (Å²) in [7, 11) is 1.69. The summed E-state index contributed by atoms with van der Waals surface area (Å²) in [5.74, 6) is 0.663. The van der Waals surface area contributed by atoms with E-state index in [9.17, 15) is 4.79 Å². The highest BCUT2D eigenvalue weighted by Gasteiger charge is 2.39. The minimum Gasteiger partial charge on any atom is -0.380 e. The van der Waals surface area contributed by atoms with E-state index >= 15 is 0 Å². The quantitative estimate of drug-likeness (QED) is 0.757. The van der Waals surface area contributed by atoms with Gasteiger partial charge in [-0.3, -0.25) is 10.1 Å². The molecule has 4 heteroatoms. The first-order chi connectivity index (χ1) is 8.51. The van der Waals surface area contributed by atoms with Crippen LogP contribution in [-0.2, 0) is 9.53 Å². The Morgan fingerprint density at radius 1 is 1.39 bits per heavy atom. The van der Waals surface area contributed by atoms with Crippen molar-refractivity contribution < 1.29 is 9.53 Å². The van der Waals surface area contributed by atoms with Gasteiger partial charge in [-0.2, -0.15) is 0 Å². The Labute approximate surface area is 111 Å². The number of hydrogen-bond donors (Lipinski definition) is 1. The molecule has 1 heterocycles. The van der Waals surface area contributed by atoms with E-state index in [1.54, 1.807) is 7.11 Å². The summed E-state index contributed by atoms with van der Waals surface area (Å²) in [6, 6.07) is 0.00130. The van der Waals surface area contributed by atoms with Crippen molar-refractivity contribution in [1.82, 2.24) is 10.2 Å². The highest BCUT2D eigenvalue weighted by Crippen LogP contribution is 2.21. The lowest BCUT2D eigenvalue weighted by molar-refractivity contribution is -0.132. The summed E-state index contributed by atoms with van der Waals surface area (Å²) in [5, 5.41) is 3.48. The average molecular weight is 256 g/mol. The molecule has 1 N–H and O–H groups in total. The molecule has 3 unspecified atom stereocenters. The Hall–Kier alpha value is -0.610. The molecule has 1 fully saturated rings. The van der Waals surface area contributed by atoms with Crippen LogP contribution in [0.4, 0.5) is 0 Å². The summed E-state index contributed by atoms with van der Waals surface area (Å²) in [5.41, 5.74) is 0. The van der Waals surface area contributed by atoms with Crippen molar-refractivity contribution in [3.8, 4) is 0 Å². The zero-order valence-electron chi connectivity index (χ0n) is 12.4. The number of ether oxygens (including phenoxy) is 1. The molecule has 3 atom stereocenters. The van der Waals surface area contributed by atoms with Crippen LogP contribution in [0.15, 0.2) is 0 Å². The van der Waals surface area contributed by atoms with Crippen molar-refractivity contribution in [2.45, 2.75) is 65.3 Å². The third-order valence-electron chi connectivity index (χ3n) is 3.62. The molecule has 1 saturated heterocycles. The summed E-state index contributed by atoms with van der Waals surface area (Å²) in [6.45, 7) is 9.14.